The van der Waals surface area contributed by atoms with E-state index in [-0.39, 0.29) is 30.6 Å². The number of carbonyl (C=O) groups excluding carboxylic acids is 1. The maximum atomic E-state index is 12.6. The monoisotopic (exact) mass is 386 g/mol. The standard InChI is InChI=1S/C18H24Cl2N2O3/c1-21-7-2-5-18(12-23)6-8-22(10-16(18)21)17(24)11-25-13-3-4-14(19)15(20)9-13/h3-4,9,16,23H,2,5-8,10-12H2,1H3/t16-,18-/m1/s1. The van der Waals surface area contributed by atoms with Gasteiger partial charge in [-0.3, -0.25) is 4.79 Å². The number of nitrogens with zero attached hydrogens (tertiary/aromatic N) is 2. The van der Waals surface area contributed by atoms with Gasteiger partial charge in [0.25, 0.3) is 5.91 Å². The van der Waals surface area contributed by atoms with Gasteiger partial charge in [0.2, 0.25) is 0 Å². The molecule has 0 saturated carbocycles. The number of hydrogen-bond donors (Lipinski definition) is 1. The molecule has 2 aliphatic rings. The summed E-state index contributed by atoms with van der Waals surface area (Å²) in [7, 11) is 2.08. The fourth-order valence-corrected chi connectivity index (χ4v) is 4.33. The summed E-state index contributed by atoms with van der Waals surface area (Å²) in [5.74, 6) is 0.482. The molecule has 1 aromatic rings. The smallest absolute Gasteiger partial charge is 0.260 e. The normalized spacial score (nSPS) is 27.0. The molecule has 0 aromatic heterocycles. The number of amides is 1. The minimum atomic E-state index is -0.0751. The zero-order valence-corrected chi connectivity index (χ0v) is 15.9. The van der Waals surface area contributed by atoms with Crippen molar-refractivity contribution in [2.24, 2.45) is 5.41 Å². The number of aliphatic hydroxyl groups excluding tert-OH is 1. The van der Waals surface area contributed by atoms with Crippen LogP contribution in [0.4, 0.5) is 0 Å². The van der Waals surface area contributed by atoms with Crippen LogP contribution in [0.1, 0.15) is 19.3 Å². The molecule has 0 spiro atoms. The molecule has 7 heteroatoms. The highest BCUT2D eigenvalue weighted by molar-refractivity contribution is 6.42. The molecule has 1 amide bonds. The van der Waals surface area contributed by atoms with Gasteiger partial charge in [0.1, 0.15) is 5.75 Å². The lowest BCUT2D eigenvalue weighted by Gasteiger charge is -2.53. The minimum absolute atomic E-state index is 0.0273. The zero-order chi connectivity index (χ0) is 18.0. The molecule has 1 N–H and O–H groups in total. The largest absolute Gasteiger partial charge is 0.484 e. The van der Waals surface area contributed by atoms with Crippen LogP contribution in [0, 0.1) is 5.41 Å². The Bertz CT molecular complexity index is 643. The van der Waals surface area contributed by atoms with Crippen molar-refractivity contribution < 1.29 is 14.6 Å². The Morgan fingerprint density at radius 3 is 2.84 bits per heavy atom. The molecule has 1 aromatic carbocycles. The van der Waals surface area contributed by atoms with Gasteiger partial charge in [0, 0.05) is 30.6 Å². The fraction of sp³-hybridized carbons (Fsp3) is 0.611. The van der Waals surface area contributed by atoms with Crippen molar-refractivity contribution in [3.05, 3.63) is 28.2 Å². The first-order valence-corrected chi connectivity index (χ1v) is 9.37. The van der Waals surface area contributed by atoms with Crippen LogP contribution in [-0.4, -0.2) is 66.8 Å². The van der Waals surface area contributed by atoms with E-state index in [0.717, 1.165) is 25.8 Å². The molecule has 25 heavy (non-hydrogen) atoms. The summed E-state index contributed by atoms with van der Waals surface area (Å²) in [6, 6.07) is 5.16. The van der Waals surface area contributed by atoms with E-state index in [1.165, 1.54) is 0 Å². The fourth-order valence-electron chi connectivity index (χ4n) is 4.05. The second-order valence-corrected chi connectivity index (χ2v) is 7.89. The molecule has 2 fully saturated rings. The van der Waals surface area contributed by atoms with E-state index >= 15 is 0 Å². The van der Waals surface area contributed by atoms with Gasteiger partial charge >= 0.3 is 0 Å². The van der Waals surface area contributed by atoms with E-state index in [1.54, 1.807) is 18.2 Å². The molecule has 0 bridgehead atoms. The second-order valence-electron chi connectivity index (χ2n) is 7.07. The molecule has 5 nitrogen and oxygen atoms in total. The van der Waals surface area contributed by atoms with Crippen molar-refractivity contribution in [3.63, 3.8) is 0 Å². The highest BCUT2D eigenvalue weighted by Crippen LogP contribution is 2.41. The van der Waals surface area contributed by atoms with Crippen molar-refractivity contribution in [2.45, 2.75) is 25.3 Å². The van der Waals surface area contributed by atoms with E-state index in [2.05, 4.69) is 11.9 Å². The lowest BCUT2D eigenvalue weighted by atomic mass is 9.69. The SMILES string of the molecule is CN1CCC[C@]2(CO)CCN(C(=O)COc3ccc(Cl)c(Cl)c3)C[C@@H]12. The minimum Gasteiger partial charge on any atom is -0.484 e. The van der Waals surface area contributed by atoms with Crippen LogP contribution in [0.2, 0.25) is 10.0 Å². The molecular formula is C18H24Cl2N2O3. The summed E-state index contributed by atoms with van der Waals surface area (Å²) in [4.78, 5) is 16.7. The Balaban J connectivity index is 1.60. The summed E-state index contributed by atoms with van der Waals surface area (Å²) in [6.07, 6.45) is 2.96. The third-order valence-electron chi connectivity index (χ3n) is 5.62. The van der Waals surface area contributed by atoms with E-state index in [1.807, 2.05) is 4.90 Å². The highest BCUT2D eigenvalue weighted by Gasteiger charge is 2.47. The molecule has 0 aliphatic carbocycles. The number of piperidine rings is 2. The van der Waals surface area contributed by atoms with Crippen molar-refractivity contribution >= 4 is 29.1 Å². The van der Waals surface area contributed by atoms with Crippen LogP contribution in [0.3, 0.4) is 0 Å². The summed E-state index contributed by atoms with van der Waals surface area (Å²) in [5, 5.41) is 10.8. The van der Waals surface area contributed by atoms with Gasteiger partial charge < -0.3 is 19.6 Å². The third-order valence-corrected chi connectivity index (χ3v) is 6.36. The van der Waals surface area contributed by atoms with E-state index in [4.69, 9.17) is 27.9 Å². The molecule has 2 heterocycles. The molecular weight excluding hydrogens is 363 g/mol. The van der Waals surface area contributed by atoms with E-state index < -0.39 is 0 Å². The van der Waals surface area contributed by atoms with E-state index in [9.17, 15) is 9.90 Å². The van der Waals surface area contributed by atoms with Crippen LogP contribution in [-0.2, 0) is 4.79 Å². The maximum Gasteiger partial charge on any atom is 0.260 e. The number of likely N-dealkylation sites (N-methyl/N-ethyl adjacent to an activating group) is 1. The number of halogens is 2. The third kappa shape index (κ3) is 3.90. The number of benzene rings is 1. The quantitative estimate of drug-likeness (QED) is 0.863. The first-order chi connectivity index (χ1) is 11.9. The van der Waals surface area contributed by atoms with Crippen molar-refractivity contribution in [1.29, 1.82) is 0 Å². The van der Waals surface area contributed by atoms with Crippen LogP contribution in [0.25, 0.3) is 0 Å². The molecule has 2 atom stereocenters. The van der Waals surface area contributed by atoms with Crippen LogP contribution >= 0.6 is 23.2 Å². The summed E-state index contributed by atoms with van der Waals surface area (Å²) >= 11 is 11.8. The molecule has 0 radical (unpaired) electrons. The average molecular weight is 387 g/mol. The lowest BCUT2D eigenvalue weighted by molar-refractivity contribution is -0.141. The van der Waals surface area contributed by atoms with Gasteiger partial charge in [0.15, 0.2) is 6.61 Å². The van der Waals surface area contributed by atoms with Gasteiger partial charge in [-0.05, 0) is 45.0 Å². The van der Waals surface area contributed by atoms with Gasteiger partial charge in [-0.1, -0.05) is 23.2 Å². The zero-order valence-electron chi connectivity index (χ0n) is 14.4. The van der Waals surface area contributed by atoms with Crippen molar-refractivity contribution in [3.8, 4) is 5.75 Å². The Kier molecular flexibility index (Phi) is 5.78. The highest BCUT2D eigenvalue weighted by atomic mass is 35.5. The van der Waals surface area contributed by atoms with Crippen molar-refractivity contribution in [2.75, 3.05) is 39.9 Å². The predicted octanol–water partition coefficient (Wildman–Crippen LogP) is 2.68. The van der Waals surface area contributed by atoms with Crippen LogP contribution < -0.4 is 4.74 Å². The van der Waals surface area contributed by atoms with Gasteiger partial charge in [-0.15, -0.1) is 0 Å². The second kappa shape index (κ2) is 7.70. The molecule has 2 aliphatic heterocycles. The Hall–Kier alpha value is -1.01. The summed E-state index contributed by atoms with van der Waals surface area (Å²) in [5.41, 5.74) is -0.0751. The van der Waals surface area contributed by atoms with E-state index in [0.29, 0.717) is 28.9 Å². The van der Waals surface area contributed by atoms with Crippen LogP contribution in [0.5, 0.6) is 5.75 Å². The number of fused-ring (bicyclic) bond motifs is 1. The molecule has 3 rings (SSSR count). The lowest BCUT2D eigenvalue weighted by Crippen LogP contribution is -2.62. The average Bonchev–Trinajstić information content (AvgIpc) is 2.62. The Labute approximate surface area is 158 Å². The number of rotatable bonds is 4. The van der Waals surface area contributed by atoms with Gasteiger partial charge in [0.05, 0.1) is 16.7 Å². The first-order valence-electron chi connectivity index (χ1n) is 8.62. The van der Waals surface area contributed by atoms with Crippen LogP contribution in [0.15, 0.2) is 18.2 Å². The maximum absolute atomic E-state index is 12.6. The molecule has 138 valence electrons. The Morgan fingerprint density at radius 1 is 1.32 bits per heavy atom. The molecule has 2 saturated heterocycles. The summed E-state index contributed by atoms with van der Waals surface area (Å²) < 4.78 is 5.57. The number of ether oxygens (including phenoxy) is 1. The number of carbonyl (C=O) groups is 1. The topological polar surface area (TPSA) is 53.0 Å². The molecule has 0 unspecified atom stereocenters. The number of aliphatic hydroxyl groups is 1. The predicted molar refractivity (Wildman–Crippen MR) is 98.3 cm³/mol. The number of hydrogen-bond acceptors (Lipinski definition) is 4. The van der Waals surface area contributed by atoms with Gasteiger partial charge in [-0.2, -0.15) is 0 Å². The van der Waals surface area contributed by atoms with Crippen molar-refractivity contribution in [1.82, 2.24) is 9.80 Å². The first kappa shape index (κ1) is 18.8. The number of likely N-dealkylation sites (tertiary alicyclic amines) is 2. The van der Waals surface area contributed by atoms with Gasteiger partial charge in [-0.25, -0.2) is 0 Å². The summed E-state index contributed by atoms with van der Waals surface area (Å²) in [6.45, 7) is 2.47. The Morgan fingerprint density at radius 2 is 2.12 bits per heavy atom.